The lowest BCUT2D eigenvalue weighted by Crippen LogP contribution is -2.41. The van der Waals surface area contributed by atoms with Gasteiger partial charge in [0.05, 0.1) is 30.2 Å². The number of hydrogen-bond acceptors (Lipinski definition) is 5. The predicted molar refractivity (Wildman–Crippen MR) is 144 cm³/mol. The molecule has 3 aromatic heterocycles. The van der Waals surface area contributed by atoms with Crippen molar-refractivity contribution in [3.05, 3.63) is 47.7 Å². The topological polar surface area (TPSA) is 106 Å². The normalized spacial score (nSPS) is 22.2. The highest BCUT2D eigenvalue weighted by Gasteiger charge is 2.46. The second-order valence-electron chi connectivity index (χ2n) is 12.3. The monoisotopic (exact) mass is 589 g/mol. The van der Waals surface area contributed by atoms with E-state index in [-0.39, 0.29) is 80.6 Å². The number of nitrogens with one attached hydrogen (secondary N) is 2. The van der Waals surface area contributed by atoms with Gasteiger partial charge in [-0.3, -0.25) is 14.3 Å². The predicted octanol–water partition coefficient (Wildman–Crippen LogP) is 5.15. The Bertz CT molecular complexity index is 1450. The van der Waals surface area contributed by atoms with Crippen molar-refractivity contribution in [1.29, 1.82) is 0 Å². The van der Waals surface area contributed by atoms with Gasteiger partial charge in [0.1, 0.15) is 5.69 Å². The summed E-state index contributed by atoms with van der Waals surface area (Å²) in [5, 5.41) is 14.7. The summed E-state index contributed by atoms with van der Waals surface area (Å²) in [4.78, 5) is 30.7. The molecular formula is C29H35F4N7O2. The van der Waals surface area contributed by atoms with E-state index in [0.29, 0.717) is 17.0 Å². The van der Waals surface area contributed by atoms with Crippen molar-refractivity contribution in [3.8, 4) is 0 Å². The van der Waals surface area contributed by atoms with Gasteiger partial charge in [-0.2, -0.15) is 10.2 Å². The van der Waals surface area contributed by atoms with E-state index in [0.717, 1.165) is 24.8 Å². The van der Waals surface area contributed by atoms with E-state index in [9.17, 15) is 27.2 Å². The standard InChI is InChI=1S/C29H35F4N7O2/c1-39-22(7-10-34-39)27(42)38-26(19-5-8-28(30,31)9-6-19)21-16-40-23(36-21)12-20(15-35-40)25(18-3-2-4-18)37-24(41)11-17-13-29(32,33)14-17/h7,10,12,15-19,25-26H,2-6,8-9,11,13-14H2,1H3,(H,37,41)(H,38,42)/t25-,26+/m1/s1. The number of nitrogens with zero attached hydrogens (tertiary/aromatic N) is 5. The number of aromatic nitrogens is 5. The molecule has 0 bridgehead atoms. The van der Waals surface area contributed by atoms with Crippen LogP contribution < -0.4 is 10.6 Å². The van der Waals surface area contributed by atoms with E-state index in [4.69, 9.17) is 4.98 Å². The molecule has 2 N–H and O–H groups in total. The number of fused-ring (bicyclic) bond motifs is 1. The van der Waals surface area contributed by atoms with E-state index in [2.05, 4.69) is 20.8 Å². The number of imidazole rings is 1. The molecule has 3 aromatic rings. The molecular weight excluding hydrogens is 554 g/mol. The van der Waals surface area contributed by atoms with Gasteiger partial charge < -0.3 is 10.6 Å². The van der Waals surface area contributed by atoms with E-state index < -0.39 is 17.9 Å². The Morgan fingerprint density at radius 1 is 1.00 bits per heavy atom. The molecule has 0 spiro atoms. The first kappa shape index (κ1) is 28.6. The van der Waals surface area contributed by atoms with Crippen LogP contribution in [0.4, 0.5) is 17.6 Å². The van der Waals surface area contributed by atoms with Crippen LogP contribution in [-0.2, 0) is 11.8 Å². The lowest BCUT2D eigenvalue weighted by atomic mass is 9.76. The van der Waals surface area contributed by atoms with E-state index in [1.807, 2.05) is 6.07 Å². The van der Waals surface area contributed by atoms with Crippen LogP contribution >= 0.6 is 0 Å². The van der Waals surface area contributed by atoms with Crippen LogP contribution in [0, 0.1) is 17.8 Å². The number of halogens is 4. The number of alkyl halides is 4. The van der Waals surface area contributed by atoms with Gasteiger partial charge in [0.15, 0.2) is 5.65 Å². The molecule has 13 heteroatoms. The molecule has 0 saturated heterocycles. The number of aryl methyl sites for hydroxylation is 1. The average Bonchev–Trinajstić information content (AvgIpc) is 3.50. The highest BCUT2D eigenvalue weighted by atomic mass is 19.3. The molecule has 3 fully saturated rings. The minimum absolute atomic E-state index is 0.0699. The van der Waals surface area contributed by atoms with Crippen molar-refractivity contribution in [2.45, 2.75) is 88.1 Å². The molecule has 0 aromatic carbocycles. The molecule has 9 nitrogen and oxygen atoms in total. The van der Waals surface area contributed by atoms with Crippen LogP contribution in [0.25, 0.3) is 5.65 Å². The van der Waals surface area contributed by atoms with Gasteiger partial charge in [-0.15, -0.1) is 0 Å². The molecule has 0 unspecified atom stereocenters. The SMILES string of the molecule is Cn1nccc1C(=O)N[C@H](c1cn2ncc([C@H](NC(=O)CC3CC(F)(F)C3)C3CCC3)cc2n1)C1CCC(F)(F)CC1. The lowest BCUT2D eigenvalue weighted by Gasteiger charge is -2.37. The van der Waals surface area contributed by atoms with Gasteiger partial charge in [-0.1, -0.05) is 6.42 Å². The molecule has 0 radical (unpaired) electrons. The third-order valence-corrected chi connectivity index (χ3v) is 9.20. The zero-order valence-corrected chi connectivity index (χ0v) is 23.4. The van der Waals surface area contributed by atoms with Crippen LogP contribution in [0.3, 0.4) is 0 Å². The summed E-state index contributed by atoms with van der Waals surface area (Å²) in [6.07, 6.45) is 7.32. The van der Waals surface area contributed by atoms with Crippen LogP contribution in [0.5, 0.6) is 0 Å². The zero-order valence-electron chi connectivity index (χ0n) is 23.4. The third kappa shape index (κ3) is 6.00. The maximum atomic E-state index is 14.0. The van der Waals surface area contributed by atoms with Gasteiger partial charge in [0.2, 0.25) is 17.8 Å². The van der Waals surface area contributed by atoms with E-state index in [1.165, 1.54) is 10.9 Å². The van der Waals surface area contributed by atoms with Gasteiger partial charge in [0.25, 0.3) is 5.91 Å². The van der Waals surface area contributed by atoms with Gasteiger partial charge in [-0.25, -0.2) is 27.1 Å². The molecule has 3 heterocycles. The van der Waals surface area contributed by atoms with Crippen LogP contribution in [0.2, 0.25) is 0 Å². The molecule has 2 atom stereocenters. The Hall–Kier alpha value is -3.51. The number of carbonyl (C=O) groups is 2. The van der Waals surface area contributed by atoms with Crippen molar-refractivity contribution < 1.29 is 27.2 Å². The Labute approximate surface area is 240 Å². The summed E-state index contributed by atoms with van der Waals surface area (Å²) < 4.78 is 57.6. The summed E-state index contributed by atoms with van der Waals surface area (Å²) in [7, 11) is 1.65. The summed E-state index contributed by atoms with van der Waals surface area (Å²) in [6, 6.07) is 2.50. The quantitative estimate of drug-likeness (QED) is 0.336. The van der Waals surface area contributed by atoms with Crippen LogP contribution in [0.1, 0.15) is 98.0 Å². The van der Waals surface area contributed by atoms with Gasteiger partial charge in [0, 0.05) is 45.3 Å². The second-order valence-corrected chi connectivity index (χ2v) is 12.3. The first-order valence-electron chi connectivity index (χ1n) is 14.7. The smallest absolute Gasteiger partial charge is 0.270 e. The average molecular weight is 590 g/mol. The van der Waals surface area contributed by atoms with E-state index in [1.54, 1.807) is 30.0 Å². The Kier molecular flexibility index (Phi) is 7.46. The summed E-state index contributed by atoms with van der Waals surface area (Å²) in [6.45, 7) is 0. The lowest BCUT2D eigenvalue weighted by molar-refractivity contribution is -0.134. The first-order chi connectivity index (χ1) is 20.0. The summed E-state index contributed by atoms with van der Waals surface area (Å²) >= 11 is 0. The fraction of sp³-hybridized carbons (Fsp3) is 0.621. The van der Waals surface area contributed by atoms with Gasteiger partial charge in [-0.05, 0) is 61.1 Å². The summed E-state index contributed by atoms with van der Waals surface area (Å²) in [5.74, 6) is -6.35. The largest absolute Gasteiger partial charge is 0.349 e. The van der Waals surface area contributed by atoms with E-state index >= 15 is 0 Å². The maximum Gasteiger partial charge on any atom is 0.270 e. The number of hydrogen-bond donors (Lipinski definition) is 2. The maximum absolute atomic E-state index is 14.0. The van der Waals surface area contributed by atoms with Gasteiger partial charge >= 0.3 is 0 Å². The number of rotatable bonds is 9. The molecule has 0 aliphatic heterocycles. The summed E-state index contributed by atoms with van der Waals surface area (Å²) in [5.41, 5.74) is 2.13. The van der Waals surface area contributed by atoms with Crippen molar-refractivity contribution in [2.24, 2.45) is 24.8 Å². The van der Waals surface area contributed by atoms with Crippen molar-refractivity contribution in [2.75, 3.05) is 0 Å². The molecule has 3 aliphatic carbocycles. The minimum atomic E-state index is -2.72. The third-order valence-electron chi connectivity index (χ3n) is 9.20. The molecule has 3 saturated carbocycles. The highest BCUT2D eigenvalue weighted by molar-refractivity contribution is 5.92. The Balaban J connectivity index is 1.24. The van der Waals surface area contributed by atoms with Crippen molar-refractivity contribution in [3.63, 3.8) is 0 Å². The van der Waals surface area contributed by atoms with Crippen LogP contribution in [-0.4, -0.2) is 48.0 Å². The number of carbonyl (C=O) groups excluding carboxylic acids is 2. The first-order valence-corrected chi connectivity index (χ1v) is 14.7. The molecule has 6 rings (SSSR count). The highest BCUT2D eigenvalue weighted by Crippen LogP contribution is 2.45. The Morgan fingerprint density at radius 3 is 2.33 bits per heavy atom. The second kappa shape index (κ2) is 11.0. The zero-order chi connectivity index (χ0) is 29.6. The van der Waals surface area contributed by atoms with Crippen molar-refractivity contribution >= 4 is 17.5 Å². The minimum Gasteiger partial charge on any atom is -0.349 e. The molecule has 226 valence electrons. The fourth-order valence-electron chi connectivity index (χ4n) is 6.54. The van der Waals surface area contributed by atoms with Crippen molar-refractivity contribution in [1.82, 2.24) is 35.0 Å². The fourth-order valence-corrected chi connectivity index (χ4v) is 6.54. The Morgan fingerprint density at radius 2 is 1.71 bits per heavy atom. The number of amides is 2. The molecule has 42 heavy (non-hydrogen) atoms. The molecule has 3 aliphatic rings. The van der Waals surface area contributed by atoms with Crippen LogP contribution in [0.15, 0.2) is 30.7 Å². The molecule has 2 amide bonds.